The lowest BCUT2D eigenvalue weighted by Gasteiger charge is -2.19. The maximum atomic E-state index is 11.3. The molecule has 0 saturated carbocycles. The van der Waals surface area contributed by atoms with Crippen molar-refractivity contribution in [2.24, 2.45) is 5.92 Å². The predicted molar refractivity (Wildman–Crippen MR) is 86.9 cm³/mol. The summed E-state index contributed by atoms with van der Waals surface area (Å²) >= 11 is 0. The predicted octanol–water partition coefficient (Wildman–Crippen LogP) is 3.66. The molecule has 2 aromatic rings. The monoisotopic (exact) mass is 298 g/mol. The van der Waals surface area contributed by atoms with E-state index in [2.05, 4.69) is 0 Å². The van der Waals surface area contributed by atoms with Crippen molar-refractivity contribution >= 4 is 6.29 Å². The Kier molecular flexibility index (Phi) is 6.16. The van der Waals surface area contributed by atoms with E-state index >= 15 is 0 Å². The maximum Gasteiger partial charge on any atom is 0.125 e. The highest BCUT2D eigenvalue weighted by Crippen LogP contribution is 2.16. The molecule has 0 aromatic heterocycles. The first-order valence-corrected chi connectivity index (χ1v) is 7.46. The summed E-state index contributed by atoms with van der Waals surface area (Å²) < 4.78 is 11.0. The summed E-state index contributed by atoms with van der Waals surface area (Å²) in [5, 5.41) is 0. The molecule has 2 aromatic carbocycles. The van der Waals surface area contributed by atoms with Crippen molar-refractivity contribution in [3.63, 3.8) is 0 Å². The highest BCUT2D eigenvalue weighted by Gasteiger charge is 2.17. The maximum absolute atomic E-state index is 11.3. The number of benzene rings is 2. The lowest BCUT2D eigenvalue weighted by Crippen LogP contribution is -2.24. The normalized spacial score (nSPS) is 13.4. The fourth-order valence-corrected chi connectivity index (χ4v) is 2.28. The van der Waals surface area contributed by atoms with E-state index in [9.17, 15) is 4.79 Å². The Bertz CT molecular complexity index is 563. The van der Waals surface area contributed by atoms with Gasteiger partial charge in [0, 0.05) is 5.92 Å². The first-order chi connectivity index (χ1) is 10.7. The average molecular weight is 298 g/mol. The van der Waals surface area contributed by atoms with Gasteiger partial charge in [-0.3, -0.25) is 0 Å². The van der Waals surface area contributed by atoms with Gasteiger partial charge in [0.05, 0.1) is 19.8 Å². The third kappa shape index (κ3) is 4.71. The fraction of sp³-hybridized carbons (Fsp3) is 0.316. The zero-order chi connectivity index (χ0) is 15.8. The minimum Gasteiger partial charge on any atom is -0.497 e. The number of carbonyl (C=O) groups excluding carboxylic acids is 1. The van der Waals surface area contributed by atoms with Crippen LogP contribution in [0, 0.1) is 5.92 Å². The summed E-state index contributed by atoms with van der Waals surface area (Å²) in [4.78, 5) is 11.3. The lowest BCUT2D eigenvalue weighted by atomic mass is 9.96. The van der Waals surface area contributed by atoms with E-state index in [-0.39, 0.29) is 12.0 Å². The third-order valence-electron chi connectivity index (χ3n) is 3.76. The molecule has 0 amide bonds. The van der Waals surface area contributed by atoms with Crippen molar-refractivity contribution in [1.82, 2.24) is 0 Å². The molecule has 2 unspecified atom stereocenters. The van der Waals surface area contributed by atoms with Crippen molar-refractivity contribution in [3.8, 4) is 5.75 Å². The van der Waals surface area contributed by atoms with E-state index in [1.165, 1.54) is 0 Å². The quantitative estimate of drug-likeness (QED) is 0.698. The molecule has 0 fully saturated rings. The number of hydrogen-bond donors (Lipinski definition) is 0. The van der Waals surface area contributed by atoms with Gasteiger partial charge >= 0.3 is 0 Å². The van der Waals surface area contributed by atoms with Crippen molar-refractivity contribution in [2.75, 3.05) is 7.11 Å². The minimum atomic E-state index is -0.138. The number of carbonyl (C=O) groups is 1. The van der Waals surface area contributed by atoms with Crippen LogP contribution in [0.1, 0.15) is 18.1 Å². The molecule has 0 saturated heterocycles. The second-order valence-electron chi connectivity index (χ2n) is 5.35. The lowest BCUT2D eigenvalue weighted by molar-refractivity contribution is -0.115. The van der Waals surface area contributed by atoms with E-state index < -0.39 is 0 Å². The van der Waals surface area contributed by atoms with Crippen LogP contribution in [-0.4, -0.2) is 19.5 Å². The first-order valence-electron chi connectivity index (χ1n) is 7.46. The molecular formula is C19H22O3. The molecule has 22 heavy (non-hydrogen) atoms. The van der Waals surface area contributed by atoms with E-state index in [0.29, 0.717) is 13.0 Å². The minimum absolute atomic E-state index is 0.125. The Hall–Kier alpha value is -2.13. The molecular weight excluding hydrogens is 276 g/mol. The molecule has 0 aliphatic carbocycles. The average Bonchev–Trinajstić information content (AvgIpc) is 2.59. The molecule has 2 atom stereocenters. The van der Waals surface area contributed by atoms with Crippen LogP contribution in [0.15, 0.2) is 54.6 Å². The summed E-state index contributed by atoms with van der Waals surface area (Å²) in [6.07, 6.45) is 1.57. The number of aldehydes is 1. The molecule has 3 nitrogen and oxygen atoms in total. The van der Waals surface area contributed by atoms with Crippen molar-refractivity contribution in [3.05, 3.63) is 65.7 Å². The molecule has 2 rings (SSSR count). The van der Waals surface area contributed by atoms with Gasteiger partial charge in [-0.2, -0.15) is 0 Å². The molecule has 3 heteroatoms. The van der Waals surface area contributed by atoms with Crippen molar-refractivity contribution in [1.29, 1.82) is 0 Å². The van der Waals surface area contributed by atoms with E-state index in [1.54, 1.807) is 7.11 Å². The van der Waals surface area contributed by atoms with Crippen LogP contribution < -0.4 is 4.74 Å². The van der Waals surface area contributed by atoms with Gasteiger partial charge in [0.1, 0.15) is 12.0 Å². The summed E-state index contributed by atoms with van der Waals surface area (Å²) in [5.41, 5.74) is 2.22. The fourth-order valence-electron chi connectivity index (χ4n) is 2.28. The van der Waals surface area contributed by atoms with Gasteiger partial charge in [-0.1, -0.05) is 42.5 Å². The molecule has 0 radical (unpaired) electrons. The van der Waals surface area contributed by atoms with Gasteiger partial charge < -0.3 is 14.3 Å². The van der Waals surface area contributed by atoms with Crippen LogP contribution in [0.4, 0.5) is 0 Å². The number of methoxy groups -OCH3 is 1. The standard InChI is InChI=1S/C19H22O3/c1-15(18(13-20)12-16-6-4-3-5-7-16)22-14-17-8-10-19(21-2)11-9-17/h3-11,13,15,18H,12,14H2,1-2H3. The molecule has 116 valence electrons. The first kappa shape index (κ1) is 16.2. The molecule has 0 heterocycles. The highest BCUT2D eigenvalue weighted by atomic mass is 16.5. The van der Waals surface area contributed by atoms with Crippen LogP contribution in [0.5, 0.6) is 5.75 Å². The van der Waals surface area contributed by atoms with Crippen LogP contribution in [0.2, 0.25) is 0 Å². The molecule has 0 aliphatic rings. The second kappa shape index (κ2) is 8.35. The Labute approximate surface area is 131 Å². The smallest absolute Gasteiger partial charge is 0.125 e. The Balaban J connectivity index is 1.88. The molecule has 0 bridgehead atoms. The van der Waals surface area contributed by atoms with Crippen LogP contribution in [0.25, 0.3) is 0 Å². The number of ether oxygens (including phenoxy) is 2. The number of rotatable bonds is 8. The SMILES string of the molecule is COc1ccc(COC(C)C(C=O)Cc2ccccc2)cc1. The largest absolute Gasteiger partial charge is 0.497 e. The zero-order valence-electron chi connectivity index (χ0n) is 13.1. The summed E-state index contributed by atoms with van der Waals surface area (Å²) in [5.74, 6) is 0.687. The Morgan fingerprint density at radius 1 is 1.00 bits per heavy atom. The van der Waals surface area contributed by atoms with Gasteiger partial charge in [0.25, 0.3) is 0 Å². The molecule has 0 aliphatic heterocycles. The van der Waals surface area contributed by atoms with E-state index in [4.69, 9.17) is 9.47 Å². The van der Waals surface area contributed by atoms with Gasteiger partial charge in [0.2, 0.25) is 0 Å². The Morgan fingerprint density at radius 3 is 2.27 bits per heavy atom. The van der Waals surface area contributed by atoms with Crippen molar-refractivity contribution in [2.45, 2.75) is 26.1 Å². The van der Waals surface area contributed by atoms with Gasteiger partial charge in [0.15, 0.2) is 0 Å². The number of hydrogen-bond acceptors (Lipinski definition) is 3. The summed E-state index contributed by atoms with van der Waals surface area (Å²) in [7, 11) is 1.64. The second-order valence-corrected chi connectivity index (χ2v) is 5.35. The summed E-state index contributed by atoms with van der Waals surface area (Å²) in [6.45, 7) is 2.44. The highest BCUT2D eigenvalue weighted by molar-refractivity contribution is 5.55. The van der Waals surface area contributed by atoms with Gasteiger partial charge in [-0.25, -0.2) is 0 Å². The van der Waals surface area contributed by atoms with E-state index in [0.717, 1.165) is 23.2 Å². The topological polar surface area (TPSA) is 35.5 Å². The molecule has 0 spiro atoms. The molecule has 0 N–H and O–H groups in total. The Morgan fingerprint density at radius 2 is 1.68 bits per heavy atom. The van der Waals surface area contributed by atoms with Crippen LogP contribution >= 0.6 is 0 Å². The van der Waals surface area contributed by atoms with Gasteiger partial charge in [-0.15, -0.1) is 0 Å². The third-order valence-corrected chi connectivity index (χ3v) is 3.76. The van der Waals surface area contributed by atoms with Crippen LogP contribution in [0.3, 0.4) is 0 Å². The summed E-state index contributed by atoms with van der Waals surface area (Å²) in [6, 6.07) is 17.8. The van der Waals surface area contributed by atoms with E-state index in [1.807, 2.05) is 61.5 Å². The van der Waals surface area contributed by atoms with Crippen LogP contribution in [-0.2, 0) is 22.6 Å². The zero-order valence-corrected chi connectivity index (χ0v) is 13.1. The van der Waals surface area contributed by atoms with Crippen molar-refractivity contribution < 1.29 is 14.3 Å². The van der Waals surface area contributed by atoms with Gasteiger partial charge in [-0.05, 0) is 36.6 Å².